The molecule has 2 rings (SSSR count). The molecule has 1 aromatic carbocycles. The first kappa shape index (κ1) is 15.3. The molecular formula is C12H12F2N4O2S. The van der Waals surface area contributed by atoms with Gasteiger partial charge in [0, 0.05) is 11.4 Å². The van der Waals surface area contributed by atoms with Gasteiger partial charge in [-0.2, -0.15) is 0 Å². The van der Waals surface area contributed by atoms with E-state index in [1.807, 2.05) is 4.83 Å². The van der Waals surface area contributed by atoms with E-state index in [4.69, 9.17) is 0 Å². The van der Waals surface area contributed by atoms with E-state index >= 15 is 0 Å². The van der Waals surface area contributed by atoms with Crippen molar-refractivity contribution in [1.29, 1.82) is 0 Å². The standard InChI is InChI=1S/C12H12F2N4O2S/c1-7-5-8(2)16-12(15-7)17-18-21(19,20)9-3-4-10(13)11(14)6-9/h3-6,18H,1-2H3,(H,15,16,17). The Bertz CT molecular complexity index is 761. The molecule has 0 radical (unpaired) electrons. The molecule has 0 aliphatic rings. The van der Waals surface area contributed by atoms with Gasteiger partial charge in [-0.1, -0.05) is 0 Å². The summed E-state index contributed by atoms with van der Waals surface area (Å²) in [7, 11) is -4.07. The Kier molecular flexibility index (Phi) is 4.14. The number of anilines is 1. The highest BCUT2D eigenvalue weighted by Gasteiger charge is 2.16. The van der Waals surface area contributed by atoms with Gasteiger partial charge < -0.3 is 0 Å². The zero-order valence-corrected chi connectivity index (χ0v) is 12.0. The summed E-state index contributed by atoms with van der Waals surface area (Å²) in [5.41, 5.74) is 3.62. The highest BCUT2D eigenvalue weighted by atomic mass is 32.2. The number of sulfonamides is 1. The van der Waals surface area contributed by atoms with Gasteiger partial charge in [-0.3, -0.25) is 5.43 Å². The van der Waals surface area contributed by atoms with E-state index in [-0.39, 0.29) is 5.95 Å². The summed E-state index contributed by atoms with van der Waals surface area (Å²) in [6.07, 6.45) is 0. The zero-order chi connectivity index (χ0) is 15.6. The molecule has 0 saturated heterocycles. The van der Waals surface area contributed by atoms with Gasteiger partial charge in [-0.25, -0.2) is 27.2 Å². The molecule has 6 nitrogen and oxygen atoms in total. The molecule has 0 aliphatic carbocycles. The molecule has 0 spiro atoms. The molecule has 21 heavy (non-hydrogen) atoms. The van der Waals surface area contributed by atoms with Crippen LogP contribution in [0.1, 0.15) is 11.4 Å². The van der Waals surface area contributed by atoms with E-state index in [1.54, 1.807) is 19.9 Å². The lowest BCUT2D eigenvalue weighted by Gasteiger charge is -2.09. The molecule has 0 unspecified atom stereocenters. The molecule has 1 aromatic heterocycles. The van der Waals surface area contributed by atoms with Crippen molar-refractivity contribution in [3.63, 3.8) is 0 Å². The minimum atomic E-state index is -4.07. The molecule has 0 bridgehead atoms. The maximum absolute atomic E-state index is 13.1. The van der Waals surface area contributed by atoms with Gasteiger partial charge >= 0.3 is 0 Å². The quantitative estimate of drug-likeness (QED) is 0.839. The molecule has 1 heterocycles. The second-order valence-corrected chi connectivity index (χ2v) is 5.96. The van der Waals surface area contributed by atoms with E-state index < -0.39 is 26.6 Å². The second-order valence-electron chi connectivity index (χ2n) is 4.28. The van der Waals surface area contributed by atoms with Crippen molar-refractivity contribution < 1.29 is 17.2 Å². The topological polar surface area (TPSA) is 84.0 Å². The van der Waals surface area contributed by atoms with Crippen LogP contribution >= 0.6 is 0 Å². The monoisotopic (exact) mass is 314 g/mol. The number of hydrazine groups is 1. The lowest BCUT2D eigenvalue weighted by Crippen LogP contribution is -2.30. The average molecular weight is 314 g/mol. The van der Waals surface area contributed by atoms with Crippen LogP contribution in [0, 0.1) is 25.5 Å². The molecule has 9 heteroatoms. The molecular weight excluding hydrogens is 302 g/mol. The summed E-state index contributed by atoms with van der Waals surface area (Å²) >= 11 is 0. The molecule has 112 valence electrons. The zero-order valence-electron chi connectivity index (χ0n) is 11.2. The Labute approximate surface area is 120 Å². The van der Waals surface area contributed by atoms with Crippen LogP contribution < -0.4 is 10.3 Å². The first-order valence-electron chi connectivity index (χ1n) is 5.83. The third-order valence-corrected chi connectivity index (χ3v) is 3.73. The van der Waals surface area contributed by atoms with Crippen LogP contribution in [0.2, 0.25) is 0 Å². The van der Waals surface area contributed by atoms with Gasteiger partial charge in [0.15, 0.2) is 11.6 Å². The number of benzene rings is 1. The van der Waals surface area contributed by atoms with Crippen molar-refractivity contribution >= 4 is 16.0 Å². The van der Waals surface area contributed by atoms with Crippen LogP contribution in [0.4, 0.5) is 14.7 Å². The van der Waals surface area contributed by atoms with Gasteiger partial charge in [0.05, 0.1) is 4.90 Å². The number of hydrogen-bond acceptors (Lipinski definition) is 5. The first-order valence-corrected chi connectivity index (χ1v) is 7.31. The van der Waals surface area contributed by atoms with Gasteiger partial charge in [0.2, 0.25) is 5.95 Å². The third-order valence-electron chi connectivity index (χ3n) is 2.48. The second kappa shape index (κ2) is 5.70. The van der Waals surface area contributed by atoms with Crippen LogP contribution in [-0.4, -0.2) is 18.4 Å². The maximum Gasteiger partial charge on any atom is 0.257 e. The predicted octanol–water partition coefficient (Wildman–Crippen LogP) is 1.68. The average Bonchev–Trinajstić information content (AvgIpc) is 2.38. The van der Waals surface area contributed by atoms with Crippen molar-refractivity contribution in [1.82, 2.24) is 14.8 Å². The number of aryl methyl sites for hydroxylation is 2. The van der Waals surface area contributed by atoms with Crippen molar-refractivity contribution in [2.24, 2.45) is 0 Å². The third kappa shape index (κ3) is 3.70. The highest BCUT2D eigenvalue weighted by molar-refractivity contribution is 7.89. The van der Waals surface area contributed by atoms with Gasteiger partial charge in [0.25, 0.3) is 10.0 Å². The fourth-order valence-corrected chi connectivity index (χ4v) is 2.45. The van der Waals surface area contributed by atoms with Crippen LogP contribution in [0.25, 0.3) is 0 Å². The van der Waals surface area contributed by atoms with Crippen LogP contribution in [0.5, 0.6) is 0 Å². The molecule has 0 aliphatic heterocycles. The van der Waals surface area contributed by atoms with Crippen molar-refractivity contribution in [3.05, 3.63) is 47.3 Å². The van der Waals surface area contributed by atoms with Crippen LogP contribution in [0.3, 0.4) is 0 Å². The fourth-order valence-electron chi connectivity index (χ4n) is 1.60. The van der Waals surface area contributed by atoms with Crippen molar-refractivity contribution in [2.45, 2.75) is 18.7 Å². The summed E-state index contributed by atoms with van der Waals surface area (Å²) < 4.78 is 49.7. The van der Waals surface area contributed by atoms with Gasteiger partial charge in [0.1, 0.15) is 0 Å². The number of hydrogen-bond donors (Lipinski definition) is 2. The predicted molar refractivity (Wildman–Crippen MR) is 71.8 cm³/mol. The summed E-state index contributed by atoms with van der Waals surface area (Å²) in [6.45, 7) is 3.45. The molecule has 2 aromatic rings. The van der Waals surface area contributed by atoms with E-state index in [2.05, 4.69) is 15.4 Å². The molecule has 0 saturated carbocycles. The summed E-state index contributed by atoms with van der Waals surface area (Å²) in [4.78, 5) is 9.54. The van der Waals surface area contributed by atoms with E-state index in [0.29, 0.717) is 17.5 Å². The largest absolute Gasteiger partial charge is 0.276 e. The number of nitrogens with zero attached hydrogens (tertiary/aromatic N) is 2. The Hall–Kier alpha value is -2.13. The van der Waals surface area contributed by atoms with Gasteiger partial charge in [-0.05, 0) is 38.1 Å². The lowest BCUT2D eigenvalue weighted by molar-refractivity contribution is 0.504. The Morgan fingerprint density at radius 3 is 2.19 bits per heavy atom. The number of rotatable bonds is 4. The van der Waals surface area contributed by atoms with Gasteiger partial charge in [-0.15, -0.1) is 4.83 Å². The maximum atomic E-state index is 13.1. The number of nitrogens with one attached hydrogen (secondary N) is 2. The van der Waals surface area contributed by atoms with Crippen molar-refractivity contribution in [2.75, 3.05) is 5.43 Å². The Balaban J connectivity index is 2.19. The van der Waals surface area contributed by atoms with E-state index in [0.717, 1.165) is 12.1 Å². The summed E-state index contributed by atoms with van der Waals surface area (Å²) in [6, 6.07) is 3.98. The summed E-state index contributed by atoms with van der Waals surface area (Å²) in [5.74, 6) is -2.32. The minimum Gasteiger partial charge on any atom is -0.276 e. The summed E-state index contributed by atoms with van der Waals surface area (Å²) in [5, 5.41) is 0. The molecule has 0 atom stereocenters. The van der Waals surface area contributed by atoms with Crippen LogP contribution in [-0.2, 0) is 10.0 Å². The smallest absolute Gasteiger partial charge is 0.257 e. The number of halogens is 2. The Morgan fingerprint density at radius 2 is 1.62 bits per heavy atom. The fraction of sp³-hybridized carbons (Fsp3) is 0.167. The van der Waals surface area contributed by atoms with E-state index in [1.165, 1.54) is 0 Å². The van der Waals surface area contributed by atoms with Crippen LogP contribution in [0.15, 0.2) is 29.2 Å². The lowest BCUT2D eigenvalue weighted by atomic mass is 10.3. The van der Waals surface area contributed by atoms with Crippen molar-refractivity contribution in [3.8, 4) is 0 Å². The highest BCUT2D eigenvalue weighted by Crippen LogP contribution is 2.13. The normalized spacial score (nSPS) is 11.4. The molecule has 2 N–H and O–H groups in total. The first-order chi connectivity index (χ1) is 9.78. The molecule has 0 amide bonds. The SMILES string of the molecule is Cc1cc(C)nc(NNS(=O)(=O)c2ccc(F)c(F)c2)n1. The minimum absolute atomic E-state index is 0.0543. The number of aromatic nitrogens is 2. The van der Waals surface area contributed by atoms with E-state index in [9.17, 15) is 17.2 Å². The molecule has 0 fully saturated rings. The Morgan fingerprint density at radius 1 is 1.00 bits per heavy atom.